The molecule has 0 bridgehead atoms. The number of rotatable bonds is 3. The number of anilines is 1. The summed E-state index contributed by atoms with van der Waals surface area (Å²) in [7, 11) is -3.41. The van der Waals surface area contributed by atoms with Crippen LogP contribution in [0.4, 0.5) is 5.69 Å². The summed E-state index contributed by atoms with van der Waals surface area (Å²) in [5.74, 6) is 0.251. The number of benzene rings is 2. The van der Waals surface area contributed by atoms with Crippen LogP contribution in [0.15, 0.2) is 47.4 Å². The first-order chi connectivity index (χ1) is 9.94. The molecule has 0 saturated carbocycles. The highest BCUT2D eigenvalue weighted by Gasteiger charge is 2.17. The zero-order valence-corrected chi connectivity index (χ0v) is 12.3. The van der Waals surface area contributed by atoms with Gasteiger partial charge in [-0.3, -0.25) is 0 Å². The first-order valence-corrected chi connectivity index (χ1v) is 8.13. The average Bonchev–Trinajstić information content (AvgIpc) is 2.79. The quantitative estimate of drug-likeness (QED) is 0.727. The Kier molecular flexibility index (Phi) is 3.17. The first-order valence-electron chi connectivity index (χ1n) is 6.47. The maximum atomic E-state index is 12.4. The third kappa shape index (κ3) is 2.75. The number of nitrogen functional groups attached to an aromatic ring is 1. The van der Waals surface area contributed by atoms with Crippen LogP contribution in [0.2, 0.25) is 0 Å². The average molecular weight is 301 g/mol. The molecule has 0 radical (unpaired) electrons. The highest BCUT2D eigenvalue weighted by atomic mass is 32.2. The van der Waals surface area contributed by atoms with Gasteiger partial charge in [0.05, 0.1) is 15.9 Å². The molecule has 0 atom stereocenters. The summed E-state index contributed by atoms with van der Waals surface area (Å²) < 4.78 is 24.7. The Balaban J connectivity index is 1.95. The van der Waals surface area contributed by atoms with Crippen molar-refractivity contribution in [3.05, 3.63) is 53.9 Å². The highest BCUT2D eigenvalue weighted by Crippen LogP contribution is 2.19. The summed E-state index contributed by atoms with van der Waals surface area (Å²) in [4.78, 5) is 7.59. The molecule has 5 nitrogen and oxygen atoms in total. The number of imidazole rings is 1. The second kappa shape index (κ2) is 4.89. The molecule has 0 amide bonds. The molecule has 3 rings (SSSR count). The Labute approximate surface area is 122 Å². The van der Waals surface area contributed by atoms with Gasteiger partial charge in [0.1, 0.15) is 11.6 Å². The van der Waals surface area contributed by atoms with Gasteiger partial charge in [-0.1, -0.05) is 17.7 Å². The van der Waals surface area contributed by atoms with Gasteiger partial charge in [0.25, 0.3) is 0 Å². The lowest BCUT2D eigenvalue weighted by Gasteiger charge is -2.02. The summed E-state index contributed by atoms with van der Waals surface area (Å²) in [5, 5.41) is 0. The summed E-state index contributed by atoms with van der Waals surface area (Å²) in [6.45, 7) is 1.92. The number of nitrogens with zero attached hydrogens (tertiary/aromatic N) is 1. The number of hydrogen-bond acceptors (Lipinski definition) is 4. The van der Waals surface area contributed by atoms with E-state index in [0.29, 0.717) is 21.9 Å². The fourth-order valence-electron chi connectivity index (χ4n) is 2.16. The van der Waals surface area contributed by atoms with Crippen molar-refractivity contribution in [2.24, 2.45) is 0 Å². The van der Waals surface area contributed by atoms with Gasteiger partial charge in [0.2, 0.25) is 0 Å². The lowest BCUT2D eigenvalue weighted by atomic mass is 10.2. The maximum Gasteiger partial charge on any atom is 0.185 e. The van der Waals surface area contributed by atoms with E-state index in [1.165, 1.54) is 0 Å². The predicted octanol–water partition coefficient (Wildman–Crippen LogP) is 2.43. The first kappa shape index (κ1) is 13.6. The zero-order chi connectivity index (χ0) is 15.0. The summed E-state index contributed by atoms with van der Waals surface area (Å²) >= 11 is 0. The predicted molar refractivity (Wildman–Crippen MR) is 82.6 cm³/mol. The third-order valence-electron chi connectivity index (χ3n) is 3.26. The number of sulfone groups is 1. The van der Waals surface area contributed by atoms with E-state index in [1.807, 2.05) is 6.92 Å². The molecule has 0 aliphatic carbocycles. The van der Waals surface area contributed by atoms with Crippen LogP contribution in [0.25, 0.3) is 11.0 Å². The number of nitrogens with two attached hydrogens (primary N) is 1. The summed E-state index contributed by atoms with van der Waals surface area (Å²) in [5.41, 5.74) is 8.78. The zero-order valence-electron chi connectivity index (χ0n) is 11.5. The van der Waals surface area contributed by atoms with Crippen LogP contribution in [-0.4, -0.2) is 18.4 Å². The molecule has 0 fully saturated rings. The van der Waals surface area contributed by atoms with Crippen molar-refractivity contribution in [2.75, 3.05) is 5.73 Å². The Hall–Kier alpha value is -2.34. The topological polar surface area (TPSA) is 88.8 Å². The molecule has 0 saturated heterocycles. The number of aromatic nitrogens is 2. The molecule has 3 aromatic rings. The van der Waals surface area contributed by atoms with Gasteiger partial charge < -0.3 is 10.7 Å². The van der Waals surface area contributed by atoms with Crippen LogP contribution < -0.4 is 5.73 Å². The fourth-order valence-corrected chi connectivity index (χ4v) is 3.37. The molecule has 3 N–H and O–H groups in total. The van der Waals surface area contributed by atoms with Gasteiger partial charge in [-0.15, -0.1) is 0 Å². The van der Waals surface area contributed by atoms with E-state index in [1.54, 1.807) is 42.5 Å². The summed E-state index contributed by atoms with van der Waals surface area (Å²) in [6.07, 6.45) is 0. The number of hydrogen-bond donors (Lipinski definition) is 2. The number of H-pyrrole nitrogens is 1. The van der Waals surface area contributed by atoms with Crippen LogP contribution in [0, 0.1) is 6.92 Å². The minimum absolute atomic E-state index is 0.162. The Bertz CT molecular complexity index is 896. The van der Waals surface area contributed by atoms with Crippen LogP contribution in [-0.2, 0) is 15.6 Å². The second-order valence-electron chi connectivity index (χ2n) is 5.03. The molecule has 0 aliphatic heterocycles. The van der Waals surface area contributed by atoms with Crippen LogP contribution >= 0.6 is 0 Å². The molecular formula is C15H15N3O2S. The van der Waals surface area contributed by atoms with E-state index in [2.05, 4.69) is 9.97 Å². The van der Waals surface area contributed by atoms with Gasteiger partial charge in [-0.2, -0.15) is 0 Å². The molecular weight excluding hydrogens is 286 g/mol. The van der Waals surface area contributed by atoms with Gasteiger partial charge in [0.15, 0.2) is 9.84 Å². The van der Waals surface area contributed by atoms with Crippen molar-refractivity contribution < 1.29 is 8.42 Å². The molecule has 0 spiro atoms. The van der Waals surface area contributed by atoms with E-state index >= 15 is 0 Å². The Morgan fingerprint density at radius 3 is 2.57 bits per heavy atom. The van der Waals surface area contributed by atoms with Crippen molar-refractivity contribution in [2.45, 2.75) is 17.6 Å². The monoisotopic (exact) mass is 301 g/mol. The number of fused-ring (bicyclic) bond motifs is 1. The number of aromatic amines is 1. The standard InChI is InChI=1S/C15H15N3O2S/c1-10-2-5-12(6-3-10)21(19,20)9-15-17-13-7-4-11(16)8-14(13)18-15/h2-8H,9,16H2,1H3,(H,17,18). The molecule has 0 unspecified atom stereocenters. The van der Waals surface area contributed by atoms with Crippen LogP contribution in [0.5, 0.6) is 0 Å². The fraction of sp³-hybridized carbons (Fsp3) is 0.133. The minimum Gasteiger partial charge on any atom is -0.399 e. The lowest BCUT2D eigenvalue weighted by molar-refractivity contribution is 0.594. The van der Waals surface area contributed by atoms with Crippen molar-refractivity contribution >= 4 is 26.6 Å². The van der Waals surface area contributed by atoms with E-state index in [4.69, 9.17) is 5.73 Å². The Morgan fingerprint density at radius 2 is 1.86 bits per heavy atom. The molecule has 1 heterocycles. The number of nitrogens with one attached hydrogen (secondary N) is 1. The molecule has 2 aromatic carbocycles. The molecule has 6 heteroatoms. The molecule has 108 valence electrons. The number of aryl methyl sites for hydroxylation is 1. The third-order valence-corrected chi connectivity index (χ3v) is 4.91. The Morgan fingerprint density at radius 1 is 1.14 bits per heavy atom. The smallest absolute Gasteiger partial charge is 0.185 e. The highest BCUT2D eigenvalue weighted by molar-refractivity contribution is 7.90. The normalized spacial score (nSPS) is 11.9. The molecule has 21 heavy (non-hydrogen) atoms. The van der Waals surface area contributed by atoms with Crippen molar-refractivity contribution in [3.63, 3.8) is 0 Å². The van der Waals surface area contributed by atoms with E-state index in [0.717, 1.165) is 11.1 Å². The molecule has 0 aliphatic rings. The van der Waals surface area contributed by atoms with Crippen molar-refractivity contribution in [1.82, 2.24) is 9.97 Å². The lowest BCUT2D eigenvalue weighted by Crippen LogP contribution is -2.06. The van der Waals surface area contributed by atoms with Crippen LogP contribution in [0.1, 0.15) is 11.4 Å². The van der Waals surface area contributed by atoms with Gasteiger partial charge in [0, 0.05) is 5.69 Å². The van der Waals surface area contributed by atoms with E-state index < -0.39 is 9.84 Å². The molecule has 1 aromatic heterocycles. The maximum absolute atomic E-state index is 12.4. The second-order valence-corrected chi connectivity index (χ2v) is 7.02. The van der Waals surface area contributed by atoms with Crippen molar-refractivity contribution in [1.29, 1.82) is 0 Å². The van der Waals surface area contributed by atoms with E-state index in [9.17, 15) is 8.42 Å². The van der Waals surface area contributed by atoms with E-state index in [-0.39, 0.29) is 5.75 Å². The largest absolute Gasteiger partial charge is 0.399 e. The van der Waals surface area contributed by atoms with Gasteiger partial charge >= 0.3 is 0 Å². The van der Waals surface area contributed by atoms with Gasteiger partial charge in [-0.05, 0) is 37.3 Å². The van der Waals surface area contributed by atoms with Gasteiger partial charge in [-0.25, -0.2) is 13.4 Å². The SMILES string of the molecule is Cc1ccc(S(=O)(=O)Cc2nc3ccc(N)cc3[nH]2)cc1. The summed E-state index contributed by atoms with van der Waals surface area (Å²) in [6, 6.07) is 12.0. The minimum atomic E-state index is -3.41. The van der Waals surface area contributed by atoms with Crippen molar-refractivity contribution in [3.8, 4) is 0 Å². The van der Waals surface area contributed by atoms with Crippen LogP contribution in [0.3, 0.4) is 0 Å².